The molecule has 4 nitrogen and oxygen atoms in total. The molecular weight excluding hydrogens is 214 g/mol. The van der Waals surface area contributed by atoms with E-state index >= 15 is 0 Å². The van der Waals surface area contributed by atoms with Crippen molar-refractivity contribution < 1.29 is 5.11 Å². The predicted octanol–water partition coefficient (Wildman–Crippen LogP) is 1.83. The highest BCUT2D eigenvalue weighted by Crippen LogP contribution is 2.27. The quantitative estimate of drug-likeness (QED) is 0.832. The van der Waals surface area contributed by atoms with E-state index in [2.05, 4.69) is 16.4 Å². The summed E-state index contributed by atoms with van der Waals surface area (Å²) >= 11 is 0. The first-order chi connectivity index (χ1) is 8.22. The van der Waals surface area contributed by atoms with Crippen LogP contribution in [0, 0.1) is 24.2 Å². The molecule has 0 spiro atoms. The zero-order chi connectivity index (χ0) is 12.3. The van der Waals surface area contributed by atoms with Gasteiger partial charge in [-0.25, -0.2) is 4.98 Å². The maximum absolute atomic E-state index is 9.26. The Morgan fingerprint density at radius 1 is 1.53 bits per heavy atom. The Morgan fingerprint density at radius 2 is 2.35 bits per heavy atom. The van der Waals surface area contributed by atoms with Crippen LogP contribution in [-0.4, -0.2) is 22.7 Å². The second kappa shape index (κ2) is 5.15. The van der Waals surface area contributed by atoms with Crippen molar-refractivity contribution in [1.29, 1.82) is 5.26 Å². The van der Waals surface area contributed by atoms with E-state index in [1.54, 1.807) is 12.1 Å². The smallest absolute Gasteiger partial charge is 0.127 e. The average molecular weight is 231 g/mol. The van der Waals surface area contributed by atoms with Crippen LogP contribution in [0.15, 0.2) is 12.1 Å². The molecule has 0 radical (unpaired) electrons. The van der Waals surface area contributed by atoms with E-state index in [1.165, 1.54) is 0 Å². The third-order valence-corrected chi connectivity index (χ3v) is 3.31. The molecule has 1 heterocycles. The average Bonchev–Trinajstić information content (AvgIpc) is 2.75. The lowest BCUT2D eigenvalue weighted by molar-refractivity contribution is 0.222. The van der Waals surface area contributed by atoms with Crippen LogP contribution in [0.4, 0.5) is 5.82 Å². The summed E-state index contributed by atoms with van der Waals surface area (Å²) in [6.45, 7) is 2.10. The van der Waals surface area contributed by atoms with Gasteiger partial charge in [0.25, 0.3) is 0 Å². The fraction of sp³-hybridized carbons (Fsp3) is 0.538. The number of aryl methyl sites for hydroxylation is 1. The topological polar surface area (TPSA) is 68.9 Å². The molecule has 1 aliphatic rings. The van der Waals surface area contributed by atoms with Gasteiger partial charge in [-0.3, -0.25) is 0 Å². The Labute approximate surface area is 101 Å². The normalized spacial score (nSPS) is 23.4. The van der Waals surface area contributed by atoms with Crippen molar-refractivity contribution in [2.24, 2.45) is 5.92 Å². The third kappa shape index (κ3) is 2.75. The van der Waals surface area contributed by atoms with Gasteiger partial charge in [0.1, 0.15) is 5.82 Å². The maximum Gasteiger partial charge on any atom is 0.127 e. The summed E-state index contributed by atoms with van der Waals surface area (Å²) in [5.74, 6) is 1.05. The number of hydrogen-bond acceptors (Lipinski definition) is 4. The molecule has 1 fully saturated rings. The number of anilines is 1. The van der Waals surface area contributed by atoms with Crippen LogP contribution in [0.5, 0.6) is 0 Å². The van der Waals surface area contributed by atoms with Crippen molar-refractivity contribution in [3.63, 3.8) is 0 Å². The molecule has 90 valence electrons. The molecule has 2 atom stereocenters. The largest absolute Gasteiger partial charge is 0.396 e. The first-order valence-corrected chi connectivity index (χ1v) is 5.99. The number of hydrogen-bond donors (Lipinski definition) is 2. The van der Waals surface area contributed by atoms with Gasteiger partial charge in [0.05, 0.1) is 11.6 Å². The lowest BCUT2D eigenvalue weighted by atomic mass is 10.1. The Kier molecular flexibility index (Phi) is 3.60. The summed E-state index contributed by atoms with van der Waals surface area (Å²) < 4.78 is 0. The summed E-state index contributed by atoms with van der Waals surface area (Å²) in [4.78, 5) is 4.37. The van der Waals surface area contributed by atoms with Crippen LogP contribution < -0.4 is 5.32 Å². The number of aliphatic hydroxyl groups excluding tert-OH is 1. The summed E-state index contributed by atoms with van der Waals surface area (Å²) in [6.07, 6.45) is 3.26. The third-order valence-electron chi connectivity index (χ3n) is 3.31. The summed E-state index contributed by atoms with van der Waals surface area (Å²) in [6, 6.07) is 5.94. The van der Waals surface area contributed by atoms with E-state index in [1.807, 2.05) is 6.92 Å². The highest BCUT2D eigenvalue weighted by atomic mass is 16.3. The molecule has 4 heteroatoms. The zero-order valence-electron chi connectivity index (χ0n) is 9.98. The molecule has 0 amide bonds. The van der Waals surface area contributed by atoms with Gasteiger partial charge >= 0.3 is 0 Å². The minimum atomic E-state index is 0.217. The second-order valence-electron chi connectivity index (χ2n) is 4.62. The molecule has 0 bridgehead atoms. The summed E-state index contributed by atoms with van der Waals surface area (Å²) in [7, 11) is 0. The minimum absolute atomic E-state index is 0.217. The molecule has 1 aliphatic carbocycles. The Morgan fingerprint density at radius 3 is 3.06 bits per heavy atom. The van der Waals surface area contributed by atoms with E-state index in [0.717, 1.165) is 30.8 Å². The zero-order valence-corrected chi connectivity index (χ0v) is 9.98. The Bertz CT molecular complexity index is 439. The standard InChI is InChI=1S/C13H17N3O/c1-9-5-10(7-14)6-13(15-9)16-12-4-2-3-11(12)8-17/h5-6,11-12,17H,2-4,8H2,1H3,(H,15,16). The molecule has 0 aromatic carbocycles. The van der Waals surface area contributed by atoms with Gasteiger partial charge in [-0.1, -0.05) is 6.42 Å². The van der Waals surface area contributed by atoms with Crippen LogP contribution in [0.1, 0.15) is 30.5 Å². The second-order valence-corrected chi connectivity index (χ2v) is 4.62. The number of nitrogens with one attached hydrogen (secondary N) is 1. The molecule has 1 aromatic heterocycles. The highest BCUT2D eigenvalue weighted by Gasteiger charge is 2.26. The molecule has 1 saturated carbocycles. The van der Waals surface area contributed by atoms with Crippen LogP contribution in [0.25, 0.3) is 0 Å². The van der Waals surface area contributed by atoms with Gasteiger partial charge in [0.2, 0.25) is 0 Å². The van der Waals surface area contributed by atoms with Gasteiger partial charge in [-0.2, -0.15) is 5.26 Å². The summed E-state index contributed by atoms with van der Waals surface area (Å²) in [5.41, 5.74) is 1.46. The van der Waals surface area contributed by atoms with Crippen LogP contribution in [0.3, 0.4) is 0 Å². The molecule has 2 unspecified atom stereocenters. The highest BCUT2D eigenvalue weighted by molar-refractivity contribution is 5.45. The Hall–Kier alpha value is -1.60. The molecule has 0 saturated heterocycles. The monoisotopic (exact) mass is 231 g/mol. The number of rotatable bonds is 3. The van der Waals surface area contributed by atoms with E-state index in [9.17, 15) is 5.11 Å². The predicted molar refractivity (Wildman–Crippen MR) is 65.5 cm³/mol. The van der Waals surface area contributed by atoms with Gasteiger partial charge < -0.3 is 10.4 Å². The van der Waals surface area contributed by atoms with Gasteiger partial charge in [0.15, 0.2) is 0 Å². The van der Waals surface area contributed by atoms with Crippen LogP contribution >= 0.6 is 0 Å². The summed E-state index contributed by atoms with van der Waals surface area (Å²) in [5, 5.41) is 21.5. The van der Waals surface area contributed by atoms with Crippen molar-refractivity contribution in [3.8, 4) is 6.07 Å². The SMILES string of the molecule is Cc1cc(C#N)cc(NC2CCCC2CO)n1. The van der Waals surface area contributed by atoms with Crippen LogP contribution in [-0.2, 0) is 0 Å². The fourth-order valence-electron chi connectivity index (χ4n) is 2.44. The van der Waals surface area contributed by atoms with E-state index in [0.29, 0.717) is 11.5 Å². The number of pyridine rings is 1. The maximum atomic E-state index is 9.26. The number of aliphatic hydroxyl groups is 1. The number of nitriles is 1. The number of nitrogens with zero attached hydrogens (tertiary/aromatic N) is 2. The van der Waals surface area contributed by atoms with Crippen molar-refractivity contribution >= 4 is 5.82 Å². The van der Waals surface area contributed by atoms with E-state index < -0.39 is 0 Å². The van der Waals surface area contributed by atoms with Crippen LogP contribution in [0.2, 0.25) is 0 Å². The molecular formula is C13H17N3O. The lowest BCUT2D eigenvalue weighted by Crippen LogP contribution is -2.26. The molecule has 1 aromatic rings. The molecule has 17 heavy (non-hydrogen) atoms. The number of aromatic nitrogens is 1. The van der Waals surface area contributed by atoms with E-state index in [-0.39, 0.29) is 12.6 Å². The first kappa shape index (κ1) is 11.9. The van der Waals surface area contributed by atoms with Gasteiger partial charge in [0, 0.05) is 24.3 Å². The van der Waals surface area contributed by atoms with Gasteiger partial charge in [-0.05, 0) is 31.9 Å². The first-order valence-electron chi connectivity index (χ1n) is 5.99. The van der Waals surface area contributed by atoms with Crippen molar-refractivity contribution in [2.45, 2.75) is 32.2 Å². The molecule has 2 N–H and O–H groups in total. The molecule has 2 rings (SSSR count). The van der Waals surface area contributed by atoms with Gasteiger partial charge in [-0.15, -0.1) is 0 Å². The van der Waals surface area contributed by atoms with Crippen molar-refractivity contribution in [2.75, 3.05) is 11.9 Å². The van der Waals surface area contributed by atoms with Crippen molar-refractivity contribution in [1.82, 2.24) is 4.98 Å². The minimum Gasteiger partial charge on any atom is -0.396 e. The fourth-order valence-corrected chi connectivity index (χ4v) is 2.44. The lowest BCUT2D eigenvalue weighted by Gasteiger charge is -2.19. The van der Waals surface area contributed by atoms with Crippen molar-refractivity contribution in [3.05, 3.63) is 23.4 Å². The Balaban J connectivity index is 2.13. The van der Waals surface area contributed by atoms with E-state index in [4.69, 9.17) is 5.26 Å². The molecule has 0 aliphatic heterocycles.